The van der Waals surface area contributed by atoms with Gasteiger partial charge in [0.05, 0.1) is 13.2 Å². The standard InChI is InChI=1S/C27H30N4O3/c1-34-23-6-4-5-21(17-23)25-7-2-3-16-31(25)26(32)18-24(28)19-8-10-20(11-9-19)27(33)30-22-12-14-29-15-13-22/h4-6,8-15,17,24-25H,2-3,7,16,18,28H2,1H3,(H,29,30,33). The smallest absolute Gasteiger partial charge is 0.255 e. The van der Waals surface area contributed by atoms with Crippen molar-refractivity contribution in [1.29, 1.82) is 0 Å². The number of benzene rings is 2. The number of amides is 2. The van der Waals surface area contributed by atoms with Crippen LogP contribution in [0.5, 0.6) is 5.75 Å². The summed E-state index contributed by atoms with van der Waals surface area (Å²) in [5.74, 6) is 0.622. The van der Waals surface area contributed by atoms with E-state index in [4.69, 9.17) is 10.5 Å². The molecule has 0 bridgehead atoms. The molecule has 2 amide bonds. The number of anilines is 1. The van der Waals surface area contributed by atoms with E-state index in [0.29, 0.717) is 11.3 Å². The molecule has 0 spiro atoms. The fourth-order valence-corrected chi connectivity index (χ4v) is 4.37. The number of rotatable bonds is 7. The van der Waals surface area contributed by atoms with Crippen LogP contribution < -0.4 is 15.8 Å². The van der Waals surface area contributed by atoms with Crippen molar-refractivity contribution < 1.29 is 14.3 Å². The number of pyridine rings is 1. The van der Waals surface area contributed by atoms with Crippen molar-refractivity contribution in [2.24, 2.45) is 5.73 Å². The van der Waals surface area contributed by atoms with E-state index in [-0.39, 0.29) is 24.3 Å². The largest absolute Gasteiger partial charge is 0.497 e. The Bertz CT molecular complexity index is 1120. The molecule has 1 aromatic heterocycles. The highest BCUT2D eigenvalue weighted by atomic mass is 16.5. The summed E-state index contributed by atoms with van der Waals surface area (Å²) >= 11 is 0. The molecule has 7 heteroatoms. The van der Waals surface area contributed by atoms with Crippen LogP contribution in [-0.4, -0.2) is 35.4 Å². The first-order valence-electron chi connectivity index (χ1n) is 11.6. The van der Waals surface area contributed by atoms with Crippen molar-refractivity contribution in [1.82, 2.24) is 9.88 Å². The second-order valence-electron chi connectivity index (χ2n) is 8.50. The van der Waals surface area contributed by atoms with E-state index < -0.39 is 6.04 Å². The zero-order valence-corrected chi connectivity index (χ0v) is 19.3. The maximum Gasteiger partial charge on any atom is 0.255 e. The Morgan fingerprint density at radius 1 is 1.12 bits per heavy atom. The normalized spacial score (nSPS) is 16.5. The highest BCUT2D eigenvalue weighted by Gasteiger charge is 2.29. The number of nitrogens with two attached hydrogens (primary N) is 1. The number of ether oxygens (including phenoxy) is 1. The van der Waals surface area contributed by atoms with Crippen LogP contribution in [0.15, 0.2) is 73.1 Å². The molecule has 1 aliphatic rings. The zero-order valence-electron chi connectivity index (χ0n) is 19.3. The lowest BCUT2D eigenvalue weighted by molar-refractivity contribution is -0.135. The lowest BCUT2D eigenvalue weighted by Gasteiger charge is -2.37. The van der Waals surface area contributed by atoms with Gasteiger partial charge in [0, 0.05) is 42.7 Å². The van der Waals surface area contributed by atoms with Gasteiger partial charge in [-0.2, -0.15) is 0 Å². The van der Waals surface area contributed by atoms with Gasteiger partial charge in [0.25, 0.3) is 5.91 Å². The van der Waals surface area contributed by atoms with E-state index in [9.17, 15) is 9.59 Å². The van der Waals surface area contributed by atoms with Crippen LogP contribution in [0.3, 0.4) is 0 Å². The van der Waals surface area contributed by atoms with Gasteiger partial charge in [0.15, 0.2) is 0 Å². The summed E-state index contributed by atoms with van der Waals surface area (Å²) in [5, 5.41) is 2.83. The molecular weight excluding hydrogens is 428 g/mol. The number of methoxy groups -OCH3 is 1. The molecule has 34 heavy (non-hydrogen) atoms. The molecule has 2 unspecified atom stereocenters. The van der Waals surface area contributed by atoms with Crippen molar-refractivity contribution in [3.05, 3.63) is 89.7 Å². The molecular formula is C27H30N4O3. The van der Waals surface area contributed by atoms with Gasteiger partial charge >= 0.3 is 0 Å². The topological polar surface area (TPSA) is 97.5 Å². The molecule has 0 aliphatic carbocycles. The Morgan fingerprint density at radius 2 is 1.88 bits per heavy atom. The van der Waals surface area contributed by atoms with Crippen LogP contribution in [0.4, 0.5) is 5.69 Å². The summed E-state index contributed by atoms with van der Waals surface area (Å²) in [7, 11) is 1.65. The summed E-state index contributed by atoms with van der Waals surface area (Å²) in [6.45, 7) is 0.724. The second-order valence-corrected chi connectivity index (χ2v) is 8.50. The zero-order chi connectivity index (χ0) is 23.9. The van der Waals surface area contributed by atoms with E-state index in [1.807, 2.05) is 35.2 Å². The maximum absolute atomic E-state index is 13.2. The minimum atomic E-state index is -0.447. The molecule has 176 valence electrons. The minimum absolute atomic E-state index is 0.0304. The quantitative estimate of drug-likeness (QED) is 0.544. The molecule has 2 atom stereocenters. The first kappa shape index (κ1) is 23.4. The average molecular weight is 459 g/mol. The van der Waals surface area contributed by atoms with Gasteiger partial charge in [-0.1, -0.05) is 24.3 Å². The summed E-state index contributed by atoms with van der Waals surface area (Å²) in [4.78, 5) is 31.6. The highest BCUT2D eigenvalue weighted by molar-refractivity contribution is 6.04. The fraction of sp³-hybridized carbons (Fsp3) is 0.296. The van der Waals surface area contributed by atoms with Crippen LogP contribution >= 0.6 is 0 Å². The molecule has 0 radical (unpaired) electrons. The summed E-state index contributed by atoms with van der Waals surface area (Å²) in [5.41, 5.74) is 9.52. The molecule has 2 aromatic carbocycles. The van der Waals surface area contributed by atoms with Crippen LogP contribution in [0.2, 0.25) is 0 Å². The van der Waals surface area contributed by atoms with Gasteiger partial charge in [0.1, 0.15) is 5.75 Å². The number of aromatic nitrogens is 1. The lowest BCUT2D eigenvalue weighted by atomic mass is 9.93. The van der Waals surface area contributed by atoms with E-state index >= 15 is 0 Å². The van der Waals surface area contributed by atoms with Crippen molar-refractivity contribution in [2.75, 3.05) is 19.0 Å². The van der Waals surface area contributed by atoms with E-state index in [0.717, 1.165) is 42.7 Å². The first-order valence-corrected chi connectivity index (χ1v) is 11.6. The van der Waals surface area contributed by atoms with E-state index in [1.165, 1.54) is 0 Å². The van der Waals surface area contributed by atoms with Crippen LogP contribution in [0.1, 0.15) is 59.3 Å². The summed E-state index contributed by atoms with van der Waals surface area (Å²) in [6, 6.07) is 18.1. The minimum Gasteiger partial charge on any atom is -0.497 e. The van der Waals surface area contributed by atoms with Gasteiger partial charge in [-0.3, -0.25) is 14.6 Å². The van der Waals surface area contributed by atoms with Gasteiger partial charge in [-0.15, -0.1) is 0 Å². The highest BCUT2D eigenvalue weighted by Crippen LogP contribution is 2.33. The molecule has 1 saturated heterocycles. The van der Waals surface area contributed by atoms with Gasteiger partial charge < -0.3 is 20.7 Å². The van der Waals surface area contributed by atoms with Gasteiger partial charge in [-0.25, -0.2) is 0 Å². The van der Waals surface area contributed by atoms with Crippen LogP contribution in [0.25, 0.3) is 0 Å². The third-order valence-electron chi connectivity index (χ3n) is 6.24. The summed E-state index contributed by atoms with van der Waals surface area (Å²) in [6.07, 6.45) is 6.45. The monoisotopic (exact) mass is 458 g/mol. The Hall–Kier alpha value is -3.71. The molecule has 3 N–H and O–H groups in total. The Balaban J connectivity index is 1.40. The van der Waals surface area contributed by atoms with Crippen LogP contribution in [-0.2, 0) is 4.79 Å². The Kier molecular flexibility index (Phi) is 7.54. The molecule has 4 rings (SSSR count). The molecule has 1 aliphatic heterocycles. The predicted octanol–water partition coefficient (Wildman–Crippen LogP) is 4.49. The van der Waals surface area contributed by atoms with Gasteiger partial charge in [0.2, 0.25) is 5.91 Å². The molecule has 1 fully saturated rings. The molecule has 2 heterocycles. The first-order chi connectivity index (χ1) is 16.5. The SMILES string of the molecule is COc1cccc(C2CCCCN2C(=O)CC(N)c2ccc(C(=O)Nc3ccncc3)cc2)c1. The maximum atomic E-state index is 13.2. The van der Waals surface area contributed by atoms with Gasteiger partial charge in [-0.05, 0) is 66.8 Å². The Labute approximate surface area is 199 Å². The van der Waals surface area contributed by atoms with Crippen molar-refractivity contribution in [3.8, 4) is 5.75 Å². The number of nitrogens with zero attached hydrogens (tertiary/aromatic N) is 2. The number of likely N-dealkylation sites (tertiary alicyclic amines) is 1. The summed E-state index contributed by atoms with van der Waals surface area (Å²) < 4.78 is 5.37. The number of piperidine rings is 1. The van der Waals surface area contributed by atoms with E-state index in [1.54, 1.807) is 43.8 Å². The Morgan fingerprint density at radius 3 is 2.62 bits per heavy atom. The number of nitrogens with one attached hydrogen (secondary N) is 1. The van der Waals surface area contributed by atoms with Crippen molar-refractivity contribution in [2.45, 2.75) is 37.8 Å². The molecule has 3 aromatic rings. The number of hydrogen-bond acceptors (Lipinski definition) is 5. The molecule has 0 saturated carbocycles. The molecule has 7 nitrogen and oxygen atoms in total. The second kappa shape index (κ2) is 10.9. The fourth-order valence-electron chi connectivity index (χ4n) is 4.37. The van der Waals surface area contributed by atoms with Crippen molar-refractivity contribution >= 4 is 17.5 Å². The number of carbonyl (C=O) groups is 2. The number of carbonyl (C=O) groups excluding carboxylic acids is 2. The lowest BCUT2D eigenvalue weighted by Crippen LogP contribution is -2.39. The third kappa shape index (κ3) is 5.61. The average Bonchev–Trinajstić information content (AvgIpc) is 2.89. The van der Waals surface area contributed by atoms with Crippen molar-refractivity contribution in [3.63, 3.8) is 0 Å². The predicted molar refractivity (Wildman–Crippen MR) is 131 cm³/mol. The number of hydrogen-bond donors (Lipinski definition) is 2. The third-order valence-corrected chi connectivity index (χ3v) is 6.24. The van der Waals surface area contributed by atoms with Crippen LogP contribution in [0, 0.1) is 0 Å². The van der Waals surface area contributed by atoms with E-state index in [2.05, 4.69) is 16.4 Å².